The van der Waals surface area contributed by atoms with E-state index in [1.807, 2.05) is 6.11 Å². The molecule has 0 aromatic heterocycles. The highest BCUT2D eigenvalue weighted by atomic mass is 35.5. The van der Waals surface area contributed by atoms with Gasteiger partial charge >= 0.3 is 6.47 Å². The molecule has 2 nitrogen and oxygen atoms in total. The quantitative estimate of drug-likeness (QED) is 0.282. The van der Waals surface area contributed by atoms with Crippen molar-refractivity contribution in [3.05, 3.63) is 0 Å². The normalized spacial score (nSPS) is 5.86. The molecule has 38 valence electrons. The average Bonchev–Trinajstić information content (AvgIpc) is 1.69. The molecule has 0 aliphatic rings. The van der Waals surface area contributed by atoms with Gasteiger partial charge in [-0.3, -0.25) is 4.79 Å². The summed E-state index contributed by atoms with van der Waals surface area (Å²) >= 11 is 5.07. The third-order valence-electron chi connectivity index (χ3n) is 0.246. The Labute approximate surface area is 46.4 Å². The summed E-state index contributed by atoms with van der Waals surface area (Å²) in [5.41, 5.74) is 0. The topological polar surface area (TPSA) is 26.3 Å². The molecule has 0 saturated carbocycles. The molecule has 0 rings (SSSR count). The predicted molar refractivity (Wildman–Crippen MR) is 25.6 cm³/mol. The van der Waals surface area contributed by atoms with Crippen molar-refractivity contribution in [2.75, 3.05) is 5.88 Å². The van der Waals surface area contributed by atoms with Crippen LogP contribution in [0.4, 0.5) is 0 Å². The van der Waals surface area contributed by atoms with Crippen LogP contribution in [0.25, 0.3) is 0 Å². The first-order chi connectivity index (χ1) is 3.41. The Morgan fingerprint density at radius 1 is 1.86 bits per heavy atom. The molecule has 0 fully saturated rings. The van der Waals surface area contributed by atoms with Crippen LogP contribution >= 0.6 is 11.6 Å². The second-order valence-corrected chi connectivity index (χ2v) is 0.894. The van der Waals surface area contributed by atoms with Crippen molar-refractivity contribution in [1.29, 1.82) is 0 Å². The van der Waals surface area contributed by atoms with Crippen LogP contribution < -0.4 is 0 Å². The van der Waals surface area contributed by atoms with E-state index in [1.165, 1.54) is 0 Å². The van der Waals surface area contributed by atoms with Gasteiger partial charge in [0.25, 0.3) is 0 Å². The summed E-state index contributed by atoms with van der Waals surface area (Å²) in [6.45, 7) is 0.250. The molecule has 0 aliphatic heterocycles. The van der Waals surface area contributed by atoms with Crippen LogP contribution in [-0.4, -0.2) is 12.4 Å². The highest BCUT2D eigenvalue weighted by Crippen LogP contribution is 1.66. The van der Waals surface area contributed by atoms with Gasteiger partial charge in [0.2, 0.25) is 0 Å². The minimum absolute atomic E-state index is 0.188. The lowest BCUT2D eigenvalue weighted by atomic mass is 10.8. The van der Waals surface area contributed by atoms with Crippen molar-refractivity contribution in [1.82, 2.24) is 0 Å². The van der Waals surface area contributed by atoms with Gasteiger partial charge in [-0.2, -0.15) is 0 Å². The number of halogens is 1. The SMILES string of the molecule is O=COC#CCCl. The molecule has 0 radical (unpaired) electrons. The number of ether oxygens (including phenoxy) is 1. The van der Waals surface area contributed by atoms with Gasteiger partial charge in [-0.05, 0) is 5.92 Å². The first kappa shape index (κ1) is 6.32. The Bertz CT molecular complexity index is 100.0. The maximum absolute atomic E-state index is 9.31. The number of hydrogen-bond acceptors (Lipinski definition) is 2. The molecule has 0 heterocycles. The zero-order valence-electron chi connectivity index (χ0n) is 3.48. The van der Waals surface area contributed by atoms with E-state index in [9.17, 15) is 4.79 Å². The molecule has 0 aromatic rings. The molecule has 3 heteroatoms. The van der Waals surface area contributed by atoms with Crippen molar-refractivity contribution in [3.8, 4) is 12.0 Å². The van der Waals surface area contributed by atoms with E-state index in [1.54, 1.807) is 0 Å². The van der Waals surface area contributed by atoms with Crippen molar-refractivity contribution >= 4 is 18.1 Å². The molecule has 0 bridgehead atoms. The Hall–Kier alpha value is -0.680. The number of rotatable bonds is 1. The largest absolute Gasteiger partial charge is 0.375 e. The van der Waals surface area contributed by atoms with E-state index in [-0.39, 0.29) is 12.4 Å². The fourth-order valence-corrected chi connectivity index (χ4v) is 0.148. The molecule has 0 aromatic carbocycles. The van der Waals surface area contributed by atoms with Gasteiger partial charge < -0.3 is 4.74 Å². The minimum Gasteiger partial charge on any atom is -0.375 e. The van der Waals surface area contributed by atoms with Gasteiger partial charge in [-0.15, -0.1) is 11.6 Å². The van der Waals surface area contributed by atoms with Crippen LogP contribution in [0, 0.1) is 12.0 Å². The lowest BCUT2D eigenvalue weighted by Crippen LogP contribution is -1.72. The van der Waals surface area contributed by atoms with Gasteiger partial charge in [0, 0.05) is 0 Å². The fourth-order valence-electron chi connectivity index (χ4n) is 0.0930. The van der Waals surface area contributed by atoms with Crippen molar-refractivity contribution in [3.63, 3.8) is 0 Å². The Morgan fingerprint density at radius 2 is 2.57 bits per heavy atom. The molecule has 0 saturated heterocycles. The Morgan fingerprint density at radius 3 is 3.00 bits per heavy atom. The fraction of sp³-hybridized carbons (Fsp3) is 0.250. The summed E-state index contributed by atoms with van der Waals surface area (Å²) in [5, 5.41) is 0. The van der Waals surface area contributed by atoms with Crippen molar-refractivity contribution < 1.29 is 9.53 Å². The Kier molecular flexibility index (Phi) is 4.80. The maximum atomic E-state index is 9.31. The van der Waals surface area contributed by atoms with E-state index in [0.717, 1.165) is 0 Å². The summed E-state index contributed by atoms with van der Waals surface area (Å²) in [6.07, 6.45) is 2.03. The van der Waals surface area contributed by atoms with E-state index >= 15 is 0 Å². The molecule has 7 heavy (non-hydrogen) atoms. The van der Waals surface area contributed by atoms with Gasteiger partial charge in [0.15, 0.2) is 0 Å². The van der Waals surface area contributed by atoms with Crippen LogP contribution in [0.1, 0.15) is 0 Å². The summed E-state index contributed by atoms with van der Waals surface area (Å²) in [6, 6.07) is 0. The first-order valence-electron chi connectivity index (χ1n) is 1.55. The highest BCUT2D eigenvalue weighted by Gasteiger charge is 1.62. The van der Waals surface area contributed by atoms with E-state index in [0.29, 0.717) is 0 Å². The van der Waals surface area contributed by atoms with Crippen LogP contribution in [0.15, 0.2) is 0 Å². The van der Waals surface area contributed by atoms with Crippen molar-refractivity contribution in [2.45, 2.75) is 0 Å². The second-order valence-electron chi connectivity index (χ2n) is 0.627. The van der Waals surface area contributed by atoms with E-state index in [4.69, 9.17) is 11.6 Å². The summed E-state index contributed by atoms with van der Waals surface area (Å²) in [4.78, 5) is 9.31. The molecule has 0 atom stereocenters. The third kappa shape index (κ3) is 5.32. The van der Waals surface area contributed by atoms with E-state index in [2.05, 4.69) is 10.7 Å². The molecule has 0 unspecified atom stereocenters. The lowest BCUT2D eigenvalue weighted by molar-refractivity contribution is -0.122. The predicted octanol–water partition coefficient (Wildman–Crippen LogP) is 0.359. The molecule has 0 spiro atoms. The lowest BCUT2D eigenvalue weighted by Gasteiger charge is -1.70. The summed E-state index contributed by atoms with van der Waals surface area (Å²) in [5.74, 6) is 2.50. The Balaban J connectivity index is 3.06. The van der Waals surface area contributed by atoms with Gasteiger partial charge in [-0.1, -0.05) is 0 Å². The summed E-state index contributed by atoms with van der Waals surface area (Å²) < 4.78 is 3.95. The van der Waals surface area contributed by atoms with Gasteiger partial charge in [-0.25, -0.2) is 0 Å². The average molecular weight is 119 g/mol. The number of carbonyl (C=O) groups is 1. The second kappa shape index (κ2) is 5.32. The minimum atomic E-state index is 0.188. The van der Waals surface area contributed by atoms with Crippen molar-refractivity contribution in [2.24, 2.45) is 0 Å². The molecular weight excluding hydrogens is 115 g/mol. The van der Waals surface area contributed by atoms with E-state index < -0.39 is 0 Å². The highest BCUT2D eigenvalue weighted by molar-refractivity contribution is 6.19. The number of alkyl halides is 1. The standard InChI is InChI=1S/C4H3ClO2/c5-2-1-3-7-4-6/h4H,2H2. The van der Waals surface area contributed by atoms with Crippen LogP contribution in [0.2, 0.25) is 0 Å². The van der Waals surface area contributed by atoms with Crippen LogP contribution in [0.3, 0.4) is 0 Å². The zero-order valence-corrected chi connectivity index (χ0v) is 4.23. The zero-order chi connectivity index (χ0) is 5.54. The molecular formula is C4H3ClO2. The van der Waals surface area contributed by atoms with Crippen LogP contribution in [0.5, 0.6) is 0 Å². The van der Waals surface area contributed by atoms with Crippen LogP contribution in [-0.2, 0) is 9.53 Å². The third-order valence-corrected chi connectivity index (χ3v) is 0.380. The molecule has 0 aliphatic carbocycles. The molecule has 0 amide bonds. The number of carbonyl (C=O) groups excluding carboxylic acids is 1. The van der Waals surface area contributed by atoms with Gasteiger partial charge in [0.05, 0.1) is 5.88 Å². The summed E-state index contributed by atoms with van der Waals surface area (Å²) in [7, 11) is 0. The number of hydrogen-bond donors (Lipinski definition) is 0. The maximum Gasteiger partial charge on any atom is 0.307 e. The smallest absolute Gasteiger partial charge is 0.307 e. The monoisotopic (exact) mass is 118 g/mol. The molecule has 0 N–H and O–H groups in total. The van der Waals surface area contributed by atoms with Gasteiger partial charge in [0.1, 0.15) is 6.11 Å². The first-order valence-corrected chi connectivity index (χ1v) is 2.08.